The van der Waals surface area contributed by atoms with Crippen LogP contribution >= 0.6 is 11.8 Å². The molecule has 3 amide bonds. The lowest BCUT2D eigenvalue weighted by molar-refractivity contribution is -0.137. The summed E-state index contributed by atoms with van der Waals surface area (Å²) < 4.78 is 44.3. The maximum atomic E-state index is 12.9. The highest BCUT2D eigenvalue weighted by molar-refractivity contribution is 8.00. The summed E-state index contributed by atoms with van der Waals surface area (Å²) in [5.41, 5.74) is 2.01. The van der Waals surface area contributed by atoms with Gasteiger partial charge in [-0.1, -0.05) is 24.3 Å². The number of benzene rings is 3. The van der Waals surface area contributed by atoms with Gasteiger partial charge < -0.3 is 15.4 Å². The molecule has 3 aromatic carbocycles. The summed E-state index contributed by atoms with van der Waals surface area (Å²) in [6.07, 6.45) is -4.51. The lowest BCUT2D eigenvalue weighted by Crippen LogP contribution is -2.28. The monoisotopic (exact) mass is 501 g/mol. The van der Waals surface area contributed by atoms with E-state index in [1.807, 2.05) is 31.2 Å². The van der Waals surface area contributed by atoms with E-state index in [0.29, 0.717) is 17.1 Å². The maximum Gasteiger partial charge on any atom is 0.416 e. The number of ether oxygens (including phenoxy) is 1. The number of carbonyl (C=O) groups is 2. The van der Waals surface area contributed by atoms with Gasteiger partial charge in [-0.25, -0.2) is 4.79 Å². The predicted octanol–water partition coefficient (Wildman–Crippen LogP) is 6.45. The highest BCUT2D eigenvalue weighted by Gasteiger charge is 2.36. The fourth-order valence-electron chi connectivity index (χ4n) is 3.76. The highest BCUT2D eigenvalue weighted by Crippen LogP contribution is 2.45. The van der Waals surface area contributed by atoms with Crippen LogP contribution in [0.1, 0.15) is 22.1 Å². The first-order chi connectivity index (χ1) is 16.7. The molecule has 1 atom stereocenters. The Morgan fingerprint density at radius 1 is 1.03 bits per heavy atom. The quantitative estimate of drug-likeness (QED) is 0.422. The van der Waals surface area contributed by atoms with Crippen LogP contribution < -0.4 is 20.3 Å². The van der Waals surface area contributed by atoms with E-state index in [0.717, 1.165) is 23.3 Å². The standard InChI is InChI=1S/C25H22F3N3O3S/c1-15-9-10-21(34-2)20(11-15)31-22(32)14-35-23(31)16-5-3-7-18(12-16)29-24(33)30-19-8-4-6-17(13-19)25(26,27)28/h3-13,23H,14H2,1-2H3,(H2,29,30,33)/t23-/m1/s1. The highest BCUT2D eigenvalue weighted by atomic mass is 32.2. The van der Waals surface area contributed by atoms with Crippen LogP contribution in [0.4, 0.5) is 35.0 Å². The smallest absolute Gasteiger partial charge is 0.416 e. The van der Waals surface area contributed by atoms with Crippen LogP contribution in [-0.2, 0) is 11.0 Å². The number of methoxy groups -OCH3 is 1. The Morgan fingerprint density at radius 2 is 1.71 bits per heavy atom. The average Bonchev–Trinajstić information content (AvgIpc) is 3.20. The van der Waals surface area contributed by atoms with E-state index in [9.17, 15) is 22.8 Å². The molecule has 1 fully saturated rings. The van der Waals surface area contributed by atoms with Crippen LogP contribution in [0, 0.1) is 6.92 Å². The summed E-state index contributed by atoms with van der Waals surface area (Å²) in [5, 5.41) is 4.72. The molecule has 6 nitrogen and oxygen atoms in total. The van der Waals surface area contributed by atoms with Gasteiger partial charge in [0.25, 0.3) is 0 Å². The molecule has 0 unspecified atom stereocenters. The number of hydrogen-bond donors (Lipinski definition) is 2. The van der Waals surface area contributed by atoms with E-state index >= 15 is 0 Å². The number of alkyl halides is 3. The van der Waals surface area contributed by atoms with Gasteiger partial charge in [0.05, 0.1) is 24.1 Å². The van der Waals surface area contributed by atoms with Gasteiger partial charge in [-0.15, -0.1) is 11.8 Å². The minimum atomic E-state index is -4.51. The fraction of sp³-hybridized carbons (Fsp3) is 0.200. The van der Waals surface area contributed by atoms with Gasteiger partial charge in [-0.3, -0.25) is 9.69 Å². The molecule has 182 valence electrons. The summed E-state index contributed by atoms with van der Waals surface area (Å²) in [4.78, 5) is 26.9. The van der Waals surface area contributed by atoms with E-state index in [1.165, 1.54) is 23.9 Å². The van der Waals surface area contributed by atoms with E-state index in [-0.39, 0.29) is 22.7 Å². The Labute approximate surface area is 204 Å². The molecule has 10 heteroatoms. The molecule has 1 aliphatic heterocycles. The molecule has 0 aromatic heterocycles. The van der Waals surface area contributed by atoms with Gasteiger partial charge in [-0.05, 0) is 60.5 Å². The minimum Gasteiger partial charge on any atom is -0.495 e. The number of carbonyl (C=O) groups excluding carboxylic acids is 2. The van der Waals surface area contributed by atoms with Crippen molar-refractivity contribution in [3.63, 3.8) is 0 Å². The van der Waals surface area contributed by atoms with Crippen LogP contribution in [0.3, 0.4) is 0 Å². The first-order valence-electron chi connectivity index (χ1n) is 10.6. The third-order valence-corrected chi connectivity index (χ3v) is 6.55. The van der Waals surface area contributed by atoms with Crippen LogP contribution in [0.25, 0.3) is 0 Å². The Hall–Kier alpha value is -3.66. The predicted molar refractivity (Wildman–Crippen MR) is 131 cm³/mol. The molecular weight excluding hydrogens is 479 g/mol. The molecule has 2 N–H and O–H groups in total. The second-order valence-electron chi connectivity index (χ2n) is 7.89. The largest absolute Gasteiger partial charge is 0.495 e. The van der Waals surface area contributed by atoms with Gasteiger partial charge in [0.2, 0.25) is 5.91 Å². The summed E-state index contributed by atoms with van der Waals surface area (Å²) in [6.45, 7) is 1.93. The van der Waals surface area contributed by atoms with Gasteiger partial charge in [0.15, 0.2) is 0 Å². The van der Waals surface area contributed by atoms with Crippen LogP contribution in [-0.4, -0.2) is 24.8 Å². The Kier molecular flexibility index (Phi) is 6.93. The van der Waals surface area contributed by atoms with Crippen LogP contribution in [0.5, 0.6) is 5.75 Å². The number of rotatable bonds is 5. The van der Waals surface area contributed by atoms with Crippen molar-refractivity contribution in [1.29, 1.82) is 0 Å². The first kappa shape index (κ1) is 24.5. The number of aryl methyl sites for hydroxylation is 1. The molecule has 1 heterocycles. The Bertz CT molecular complexity index is 1270. The molecule has 0 saturated carbocycles. The zero-order valence-electron chi connectivity index (χ0n) is 18.8. The summed E-state index contributed by atoms with van der Waals surface area (Å²) >= 11 is 1.45. The number of thioether (sulfide) groups is 1. The van der Waals surface area contributed by atoms with Crippen molar-refractivity contribution in [3.05, 3.63) is 83.4 Å². The van der Waals surface area contributed by atoms with E-state index < -0.39 is 17.8 Å². The van der Waals surface area contributed by atoms with Crippen molar-refractivity contribution in [2.45, 2.75) is 18.5 Å². The molecule has 0 bridgehead atoms. The summed E-state index contributed by atoms with van der Waals surface area (Å²) in [5.74, 6) is 0.797. The van der Waals surface area contributed by atoms with Crippen molar-refractivity contribution in [1.82, 2.24) is 0 Å². The third-order valence-electron chi connectivity index (χ3n) is 5.34. The number of halogens is 3. The molecule has 1 saturated heterocycles. The van der Waals surface area contributed by atoms with E-state index in [1.54, 1.807) is 30.2 Å². The van der Waals surface area contributed by atoms with Crippen molar-refractivity contribution in [2.24, 2.45) is 0 Å². The fourth-order valence-corrected chi connectivity index (χ4v) is 4.91. The number of nitrogens with one attached hydrogen (secondary N) is 2. The summed E-state index contributed by atoms with van der Waals surface area (Å²) in [7, 11) is 1.55. The number of hydrogen-bond acceptors (Lipinski definition) is 4. The topological polar surface area (TPSA) is 70.7 Å². The lowest BCUT2D eigenvalue weighted by atomic mass is 10.1. The van der Waals surface area contributed by atoms with Gasteiger partial charge >= 0.3 is 12.2 Å². The van der Waals surface area contributed by atoms with Crippen molar-refractivity contribution in [2.75, 3.05) is 28.4 Å². The minimum absolute atomic E-state index is 0.0168. The third kappa shape index (κ3) is 5.54. The second kappa shape index (κ2) is 9.91. The van der Waals surface area contributed by atoms with Gasteiger partial charge in [0.1, 0.15) is 11.1 Å². The van der Waals surface area contributed by atoms with Crippen molar-refractivity contribution < 1.29 is 27.5 Å². The summed E-state index contributed by atoms with van der Waals surface area (Å²) in [6, 6.07) is 16.3. The lowest BCUT2D eigenvalue weighted by Gasteiger charge is -2.26. The van der Waals surface area contributed by atoms with Crippen LogP contribution in [0.2, 0.25) is 0 Å². The molecule has 35 heavy (non-hydrogen) atoms. The molecule has 0 radical (unpaired) electrons. The zero-order valence-corrected chi connectivity index (χ0v) is 19.7. The van der Waals surface area contributed by atoms with E-state index in [4.69, 9.17) is 4.74 Å². The van der Waals surface area contributed by atoms with E-state index in [2.05, 4.69) is 10.6 Å². The first-order valence-corrected chi connectivity index (χ1v) is 11.6. The molecule has 0 spiro atoms. The van der Waals surface area contributed by atoms with Crippen LogP contribution in [0.15, 0.2) is 66.7 Å². The van der Waals surface area contributed by atoms with Gasteiger partial charge in [0, 0.05) is 11.4 Å². The van der Waals surface area contributed by atoms with Crippen molar-refractivity contribution in [3.8, 4) is 5.75 Å². The second-order valence-corrected chi connectivity index (χ2v) is 8.95. The number of nitrogens with zero attached hydrogens (tertiary/aromatic N) is 1. The molecule has 4 rings (SSSR count). The molecular formula is C25H22F3N3O3S. The molecule has 1 aliphatic rings. The number of anilines is 3. The Balaban J connectivity index is 1.53. The molecule has 3 aromatic rings. The average molecular weight is 502 g/mol. The zero-order chi connectivity index (χ0) is 25.2. The maximum absolute atomic E-state index is 12.9. The normalized spacial score (nSPS) is 15.7. The number of amides is 3. The van der Waals surface area contributed by atoms with Gasteiger partial charge in [-0.2, -0.15) is 13.2 Å². The Morgan fingerprint density at radius 3 is 2.40 bits per heavy atom. The van der Waals surface area contributed by atoms with Crippen molar-refractivity contribution >= 4 is 40.8 Å². The SMILES string of the molecule is COc1ccc(C)cc1N1C(=O)CS[C@@H]1c1cccc(NC(=O)Nc2cccc(C(F)(F)F)c2)c1. The molecule has 0 aliphatic carbocycles. The number of urea groups is 1.